The van der Waals surface area contributed by atoms with Crippen LogP contribution in [-0.4, -0.2) is 22.3 Å². The number of hydrogen-bond acceptors (Lipinski definition) is 5. The molecule has 1 aliphatic heterocycles. The third kappa shape index (κ3) is 2.50. The van der Waals surface area contributed by atoms with Gasteiger partial charge in [0.05, 0.1) is 15.5 Å². The minimum atomic E-state index is -0.613. The number of benzene rings is 2. The molecule has 1 heterocycles. The van der Waals surface area contributed by atoms with Crippen molar-refractivity contribution >= 4 is 23.0 Å². The van der Waals surface area contributed by atoms with Crippen LogP contribution in [0.25, 0.3) is 0 Å². The average molecular weight is 313 g/mol. The second-order valence-corrected chi connectivity index (χ2v) is 5.05. The summed E-state index contributed by atoms with van der Waals surface area (Å²) < 4.78 is 0. The number of nitrogens with zero attached hydrogens (tertiary/aromatic N) is 3. The maximum absolute atomic E-state index is 12.7. The zero-order valence-electron chi connectivity index (χ0n) is 11.8. The predicted octanol–water partition coefficient (Wildman–Crippen LogP) is 2.71. The molecule has 0 spiro atoms. The molecule has 0 N–H and O–H groups in total. The molecule has 0 atom stereocenters. The van der Waals surface area contributed by atoms with Gasteiger partial charge in [0.15, 0.2) is 0 Å². The summed E-state index contributed by atoms with van der Waals surface area (Å²) in [6, 6.07) is 10.0. The van der Waals surface area contributed by atoms with Gasteiger partial charge in [-0.25, -0.2) is 0 Å². The average Bonchev–Trinajstić information content (AvgIpc) is 2.97. The number of rotatable bonds is 3. The Balaban J connectivity index is 2.03. The summed E-state index contributed by atoms with van der Waals surface area (Å²) in [5.41, 5.74) is 0.809. The van der Waals surface area contributed by atoms with Crippen LogP contribution in [0.1, 0.15) is 15.9 Å². The van der Waals surface area contributed by atoms with E-state index in [1.807, 2.05) is 0 Å². The fourth-order valence-electron chi connectivity index (χ4n) is 2.65. The summed E-state index contributed by atoms with van der Waals surface area (Å²) in [7, 11) is 0. The van der Waals surface area contributed by atoms with Crippen LogP contribution in [0, 0.1) is 20.2 Å². The molecule has 1 amide bonds. The fourth-order valence-corrected chi connectivity index (χ4v) is 2.65. The molecule has 0 fully saturated rings. The number of anilines is 1. The van der Waals surface area contributed by atoms with Crippen LogP contribution >= 0.6 is 0 Å². The van der Waals surface area contributed by atoms with Gasteiger partial charge in [0, 0.05) is 24.7 Å². The molecule has 0 saturated heterocycles. The van der Waals surface area contributed by atoms with Gasteiger partial charge in [0.2, 0.25) is 0 Å². The maximum Gasteiger partial charge on any atom is 0.282 e. The Hall–Kier alpha value is -3.29. The minimum Gasteiger partial charge on any atom is -0.307 e. The molecule has 8 nitrogen and oxygen atoms in total. The quantitative estimate of drug-likeness (QED) is 0.639. The van der Waals surface area contributed by atoms with Crippen molar-refractivity contribution < 1.29 is 14.6 Å². The van der Waals surface area contributed by atoms with E-state index in [1.54, 1.807) is 12.1 Å². The molecule has 0 unspecified atom stereocenters. The monoisotopic (exact) mass is 313 g/mol. The van der Waals surface area contributed by atoms with Crippen molar-refractivity contribution in [3.8, 4) is 0 Å². The van der Waals surface area contributed by atoms with Gasteiger partial charge in [-0.3, -0.25) is 25.0 Å². The molecule has 0 radical (unpaired) electrons. The van der Waals surface area contributed by atoms with Crippen molar-refractivity contribution in [3.63, 3.8) is 0 Å². The Morgan fingerprint density at radius 1 is 1.04 bits per heavy atom. The van der Waals surface area contributed by atoms with E-state index in [0.29, 0.717) is 18.7 Å². The number of nitro benzene ring substituents is 2. The molecule has 3 rings (SSSR count). The van der Waals surface area contributed by atoms with E-state index in [4.69, 9.17) is 0 Å². The first-order chi connectivity index (χ1) is 11.0. The molecule has 2 aromatic rings. The van der Waals surface area contributed by atoms with Gasteiger partial charge in [-0.15, -0.1) is 0 Å². The topological polar surface area (TPSA) is 107 Å². The summed E-state index contributed by atoms with van der Waals surface area (Å²) in [6.07, 6.45) is 0.555. The number of carbonyl (C=O) groups excluding carboxylic acids is 1. The van der Waals surface area contributed by atoms with Crippen LogP contribution < -0.4 is 4.90 Å². The van der Waals surface area contributed by atoms with E-state index in [1.165, 1.54) is 35.2 Å². The van der Waals surface area contributed by atoms with Crippen LogP contribution in [0.15, 0.2) is 42.5 Å². The van der Waals surface area contributed by atoms with Crippen molar-refractivity contribution in [1.29, 1.82) is 0 Å². The fraction of sp³-hybridized carbons (Fsp3) is 0.133. The zero-order chi connectivity index (χ0) is 16.6. The van der Waals surface area contributed by atoms with Crippen LogP contribution in [0.2, 0.25) is 0 Å². The lowest BCUT2D eigenvalue weighted by molar-refractivity contribution is -0.385. The molecule has 116 valence electrons. The van der Waals surface area contributed by atoms with E-state index in [2.05, 4.69) is 0 Å². The van der Waals surface area contributed by atoms with Gasteiger partial charge in [-0.1, -0.05) is 18.2 Å². The van der Waals surface area contributed by atoms with Crippen LogP contribution in [-0.2, 0) is 6.42 Å². The lowest BCUT2D eigenvalue weighted by Crippen LogP contribution is -2.29. The molecule has 1 aliphatic rings. The summed E-state index contributed by atoms with van der Waals surface area (Å²) >= 11 is 0. The Morgan fingerprint density at radius 3 is 2.48 bits per heavy atom. The number of para-hydroxylation sites is 1. The first kappa shape index (κ1) is 14.6. The highest BCUT2D eigenvalue weighted by atomic mass is 16.6. The van der Waals surface area contributed by atoms with Crippen molar-refractivity contribution in [2.75, 3.05) is 11.4 Å². The Kier molecular flexibility index (Phi) is 3.49. The SMILES string of the molecule is O=C(c1ccccc1[N+](=O)[O-])N1CCc2ccc([N+](=O)[O-])cc21. The van der Waals surface area contributed by atoms with Crippen LogP contribution in [0.4, 0.5) is 17.1 Å². The summed E-state index contributed by atoms with van der Waals surface area (Å²) in [6.45, 7) is 0.335. The molecule has 0 saturated carbocycles. The Morgan fingerprint density at radius 2 is 1.78 bits per heavy atom. The second kappa shape index (κ2) is 5.48. The smallest absolute Gasteiger partial charge is 0.282 e. The van der Waals surface area contributed by atoms with Crippen LogP contribution in [0.3, 0.4) is 0 Å². The summed E-state index contributed by atoms with van der Waals surface area (Å²) in [4.78, 5) is 34.8. The van der Waals surface area contributed by atoms with E-state index < -0.39 is 15.8 Å². The lowest BCUT2D eigenvalue weighted by Gasteiger charge is -2.17. The van der Waals surface area contributed by atoms with Gasteiger partial charge < -0.3 is 4.90 Å². The standard InChI is InChI=1S/C15H11N3O5/c19-15(12-3-1-2-4-13(12)18(22)23)16-8-7-10-5-6-11(17(20)21)9-14(10)16/h1-6,9H,7-8H2. The van der Waals surface area contributed by atoms with Crippen molar-refractivity contribution in [2.45, 2.75) is 6.42 Å². The molecule has 23 heavy (non-hydrogen) atoms. The molecule has 0 aliphatic carbocycles. The number of non-ortho nitro benzene ring substituents is 1. The number of amides is 1. The maximum atomic E-state index is 12.7. The lowest BCUT2D eigenvalue weighted by atomic mass is 10.1. The molecule has 0 bridgehead atoms. The highest BCUT2D eigenvalue weighted by Gasteiger charge is 2.30. The summed E-state index contributed by atoms with van der Waals surface area (Å²) in [5.74, 6) is -0.531. The normalized spacial score (nSPS) is 12.8. The van der Waals surface area contributed by atoms with Crippen molar-refractivity contribution in [3.05, 3.63) is 73.8 Å². The van der Waals surface area contributed by atoms with E-state index >= 15 is 0 Å². The molecule has 0 aromatic heterocycles. The first-order valence-electron chi connectivity index (χ1n) is 6.81. The molecular formula is C15H11N3O5. The highest BCUT2D eigenvalue weighted by molar-refractivity contribution is 6.09. The van der Waals surface area contributed by atoms with E-state index in [-0.39, 0.29) is 16.9 Å². The second-order valence-electron chi connectivity index (χ2n) is 5.05. The van der Waals surface area contributed by atoms with Gasteiger partial charge in [-0.2, -0.15) is 0 Å². The van der Waals surface area contributed by atoms with Crippen LogP contribution in [0.5, 0.6) is 0 Å². The van der Waals surface area contributed by atoms with Crippen molar-refractivity contribution in [1.82, 2.24) is 0 Å². The van der Waals surface area contributed by atoms with Gasteiger partial charge in [-0.05, 0) is 18.1 Å². The highest BCUT2D eigenvalue weighted by Crippen LogP contribution is 2.33. The molecular weight excluding hydrogens is 302 g/mol. The van der Waals surface area contributed by atoms with Gasteiger partial charge >= 0.3 is 0 Å². The summed E-state index contributed by atoms with van der Waals surface area (Å²) in [5, 5.41) is 22.0. The van der Waals surface area contributed by atoms with Gasteiger partial charge in [0.1, 0.15) is 5.56 Å². The zero-order valence-corrected chi connectivity index (χ0v) is 11.8. The number of carbonyl (C=O) groups is 1. The van der Waals surface area contributed by atoms with E-state index in [0.717, 1.165) is 5.56 Å². The van der Waals surface area contributed by atoms with Crippen molar-refractivity contribution in [2.24, 2.45) is 0 Å². The van der Waals surface area contributed by atoms with E-state index in [9.17, 15) is 25.0 Å². The largest absolute Gasteiger partial charge is 0.307 e. The Labute approximate surface area is 130 Å². The number of hydrogen-bond donors (Lipinski definition) is 0. The third-order valence-electron chi connectivity index (χ3n) is 3.75. The predicted molar refractivity (Wildman–Crippen MR) is 81.6 cm³/mol. The number of nitro groups is 2. The molecule has 8 heteroatoms. The Bertz CT molecular complexity index is 834. The molecule has 2 aromatic carbocycles. The number of fused-ring (bicyclic) bond motifs is 1. The minimum absolute atomic E-state index is 0.0307. The van der Waals surface area contributed by atoms with Gasteiger partial charge in [0.25, 0.3) is 17.3 Å². The third-order valence-corrected chi connectivity index (χ3v) is 3.75. The first-order valence-corrected chi connectivity index (χ1v) is 6.81.